The normalized spacial score (nSPS) is 18.4. The van der Waals surface area contributed by atoms with Crippen LogP contribution in [0.1, 0.15) is 52.1 Å². The molecule has 0 bridgehead atoms. The van der Waals surface area contributed by atoms with Crippen molar-refractivity contribution in [3.63, 3.8) is 0 Å². The monoisotopic (exact) mass is 621 g/mol. The standard InChI is InChI=1S/C26H31ClF3N9O2Si/c1-15(41-42(6,7)24(2,3)4)18-11-20-31-13-19-21(38(20)36-18)25(5,26(28,29)30)14-37(19)23(40)35-16-10-17(27)22(32-12-16)39-33-8-9-34-39/h8-13,15H,14H2,1-7H3,(H,35,40). The maximum Gasteiger partial charge on any atom is 0.401 e. The molecule has 5 rings (SSSR count). The molecule has 224 valence electrons. The van der Waals surface area contributed by atoms with Gasteiger partial charge in [0.15, 0.2) is 19.8 Å². The minimum absolute atomic E-state index is 0.0103. The van der Waals surface area contributed by atoms with Crippen LogP contribution in [0.25, 0.3) is 11.5 Å². The third kappa shape index (κ3) is 5.02. The molecule has 0 saturated heterocycles. The first-order valence-electron chi connectivity index (χ1n) is 13.2. The zero-order valence-corrected chi connectivity index (χ0v) is 25.9. The van der Waals surface area contributed by atoms with E-state index in [0.29, 0.717) is 5.69 Å². The van der Waals surface area contributed by atoms with Crippen molar-refractivity contribution in [3.05, 3.63) is 53.3 Å². The molecule has 0 saturated carbocycles. The molecule has 4 aromatic rings. The average Bonchev–Trinajstić information content (AvgIpc) is 3.60. The largest absolute Gasteiger partial charge is 0.409 e. The number of nitrogens with zero attached hydrogens (tertiary/aromatic N) is 8. The van der Waals surface area contributed by atoms with Crippen LogP contribution in [0, 0.1) is 0 Å². The molecule has 1 N–H and O–H groups in total. The molecule has 2 atom stereocenters. The highest BCUT2D eigenvalue weighted by molar-refractivity contribution is 6.74. The van der Waals surface area contributed by atoms with Crippen LogP contribution in [0.5, 0.6) is 0 Å². The number of amides is 2. The summed E-state index contributed by atoms with van der Waals surface area (Å²) in [6.07, 6.45) is 0.303. The first kappa shape index (κ1) is 29.9. The number of hydrogen-bond acceptors (Lipinski definition) is 7. The van der Waals surface area contributed by atoms with Crippen LogP contribution in [0.4, 0.5) is 29.3 Å². The lowest BCUT2D eigenvalue weighted by atomic mass is 9.88. The summed E-state index contributed by atoms with van der Waals surface area (Å²) in [4.78, 5) is 24.1. The molecule has 0 spiro atoms. The second-order valence-electron chi connectivity index (χ2n) is 12.0. The number of urea groups is 1. The van der Waals surface area contributed by atoms with E-state index in [1.807, 2.05) is 6.92 Å². The number of anilines is 2. The second kappa shape index (κ2) is 10.0. The highest BCUT2D eigenvalue weighted by atomic mass is 35.5. The van der Waals surface area contributed by atoms with Crippen LogP contribution in [0.3, 0.4) is 0 Å². The summed E-state index contributed by atoms with van der Waals surface area (Å²) in [7, 11) is -2.20. The van der Waals surface area contributed by atoms with Gasteiger partial charge in [0.25, 0.3) is 0 Å². The van der Waals surface area contributed by atoms with Crippen molar-refractivity contribution in [1.82, 2.24) is 34.6 Å². The van der Waals surface area contributed by atoms with Gasteiger partial charge in [-0.05, 0) is 38.0 Å². The quantitative estimate of drug-likeness (QED) is 0.260. The van der Waals surface area contributed by atoms with Gasteiger partial charge in [-0.1, -0.05) is 32.4 Å². The molecule has 1 aliphatic heterocycles. The van der Waals surface area contributed by atoms with Crippen molar-refractivity contribution in [3.8, 4) is 5.82 Å². The molecule has 1 aliphatic rings. The minimum Gasteiger partial charge on any atom is -0.409 e. The van der Waals surface area contributed by atoms with Gasteiger partial charge in [0.2, 0.25) is 0 Å². The van der Waals surface area contributed by atoms with E-state index in [0.717, 1.165) is 11.8 Å². The second-order valence-corrected chi connectivity index (χ2v) is 17.2. The van der Waals surface area contributed by atoms with E-state index in [9.17, 15) is 18.0 Å². The van der Waals surface area contributed by atoms with Gasteiger partial charge in [-0.25, -0.2) is 19.3 Å². The number of carbonyl (C=O) groups is 1. The van der Waals surface area contributed by atoms with E-state index in [4.69, 9.17) is 16.0 Å². The first-order valence-corrected chi connectivity index (χ1v) is 16.5. The Bertz CT molecular complexity index is 1650. The Kier molecular flexibility index (Phi) is 7.13. The summed E-state index contributed by atoms with van der Waals surface area (Å²) < 4.78 is 51.7. The topological polar surface area (TPSA) is 115 Å². The number of rotatable bonds is 5. The molecule has 42 heavy (non-hydrogen) atoms. The predicted molar refractivity (Wildman–Crippen MR) is 154 cm³/mol. The molecule has 16 heteroatoms. The van der Waals surface area contributed by atoms with Crippen LogP contribution >= 0.6 is 11.6 Å². The smallest absolute Gasteiger partial charge is 0.401 e. The summed E-state index contributed by atoms with van der Waals surface area (Å²) in [6.45, 7) is 12.7. The SMILES string of the molecule is CC(O[Si](C)(C)C(C)(C)C)c1cc2ncc3c(n2n1)C(C)(C(F)(F)F)CN3C(=O)Nc1cnc(-n2nccn2)c(Cl)c1. The Morgan fingerprint density at radius 3 is 2.40 bits per heavy atom. The maximum absolute atomic E-state index is 14.7. The molecule has 0 radical (unpaired) electrons. The van der Waals surface area contributed by atoms with Gasteiger partial charge in [-0.2, -0.15) is 28.5 Å². The van der Waals surface area contributed by atoms with E-state index >= 15 is 0 Å². The number of hydrogen-bond donors (Lipinski definition) is 1. The molecule has 4 aromatic heterocycles. The molecule has 0 aliphatic carbocycles. The van der Waals surface area contributed by atoms with Crippen LogP contribution in [0.2, 0.25) is 23.2 Å². The van der Waals surface area contributed by atoms with Crippen molar-refractivity contribution in [1.29, 1.82) is 0 Å². The van der Waals surface area contributed by atoms with Gasteiger partial charge in [0, 0.05) is 12.6 Å². The summed E-state index contributed by atoms with van der Waals surface area (Å²) in [6, 6.07) is 2.23. The summed E-state index contributed by atoms with van der Waals surface area (Å²) in [5, 5.41) is 15.1. The number of halogens is 4. The number of fused-ring (bicyclic) bond motifs is 3. The number of pyridine rings is 1. The van der Waals surface area contributed by atoms with E-state index in [1.165, 1.54) is 40.2 Å². The fraction of sp³-hybridized carbons (Fsp3) is 0.462. The average molecular weight is 622 g/mol. The molecular weight excluding hydrogens is 591 g/mol. The van der Waals surface area contributed by atoms with Crippen molar-refractivity contribution in [2.24, 2.45) is 0 Å². The van der Waals surface area contributed by atoms with Crippen molar-refractivity contribution in [2.75, 3.05) is 16.8 Å². The lowest BCUT2D eigenvalue weighted by Crippen LogP contribution is -2.46. The third-order valence-electron chi connectivity index (χ3n) is 8.02. The molecule has 2 unspecified atom stereocenters. The van der Waals surface area contributed by atoms with Crippen molar-refractivity contribution < 1.29 is 22.4 Å². The fourth-order valence-corrected chi connectivity index (χ4v) is 6.18. The molecule has 5 heterocycles. The third-order valence-corrected chi connectivity index (χ3v) is 12.9. The van der Waals surface area contributed by atoms with Crippen LogP contribution in [-0.2, 0) is 9.84 Å². The Balaban J connectivity index is 1.50. The van der Waals surface area contributed by atoms with Gasteiger partial charge in [-0.15, -0.1) is 4.80 Å². The van der Waals surface area contributed by atoms with Gasteiger partial charge >= 0.3 is 12.2 Å². The van der Waals surface area contributed by atoms with Crippen LogP contribution in [-0.4, -0.2) is 61.6 Å². The van der Waals surface area contributed by atoms with Gasteiger partial charge in [-0.3, -0.25) is 4.90 Å². The Morgan fingerprint density at radius 1 is 1.14 bits per heavy atom. The lowest BCUT2D eigenvalue weighted by Gasteiger charge is -2.38. The number of nitrogens with one attached hydrogen (secondary N) is 1. The molecule has 0 aromatic carbocycles. The van der Waals surface area contributed by atoms with Crippen molar-refractivity contribution >= 4 is 43.0 Å². The zero-order valence-electron chi connectivity index (χ0n) is 24.2. The van der Waals surface area contributed by atoms with Gasteiger partial charge in [0.05, 0.1) is 58.7 Å². The van der Waals surface area contributed by atoms with E-state index in [2.05, 4.69) is 64.4 Å². The minimum atomic E-state index is -4.70. The predicted octanol–water partition coefficient (Wildman–Crippen LogP) is 6.31. The van der Waals surface area contributed by atoms with Gasteiger partial charge in [0.1, 0.15) is 5.41 Å². The summed E-state index contributed by atoms with van der Waals surface area (Å²) >= 11 is 6.30. The van der Waals surface area contributed by atoms with Gasteiger partial charge < -0.3 is 9.74 Å². The molecular formula is C26H31ClF3N9O2Si. The molecule has 0 fully saturated rings. The highest BCUT2D eigenvalue weighted by Gasteiger charge is 2.60. The first-order chi connectivity index (χ1) is 19.4. The highest BCUT2D eigenvalue weighted by Crippen LogP contribution is 2.50. The number of alkyl halides is 3. The lowest BCUT2D eigenvalue weighted by molar-refractivity contribution is -0.181. The van der Waals surface area contributed by atoms with Crippen LogP contribution < -0.4 is 10.2 Å². The van der Waals surface area contributed by atoms with E-state index < -0.39 is 38.6 Å². The summed E-state index contributed by atoms with van der Waals surface area (Å²) in [5.41, 5.74) is -1.76. The number of aromatic nitrogens is 7. The zero-order chi connectivity index (χ0) is 30.8. The van der Waals surface area contributed by atoms with Crippen molar-refractivity contribution in [2.45, 2.75) is 70.4 Å². The van der Waals surface area contributed by atoms with E-state index in [-0.39, 0.29) is 38.6 Å². The van der Waals surface area contributed by atoms with Crippen LogP contribution in [0.15, 0.2) is 36.9 Å². The fourth-order valence-electron chi connectivity index (χ4n) is 4.58. The summed E-state index contributed by atoms with van der Waals surface area (Å²) in [5.74, 6) is 0.226. The molecule has 11 nitrogen and oxygen atoms in total. The Morgan fingerprint density at radius 2 is 1.81 bits per heavy atom. The van der Waals surface area contributed by atoms with E-state index in [1.54, 1.807) is 6.07 Å². The Labute approximate surface area is 246 Å². The maximum atomic E-state index is 14.7. The molecule has 2 amide bonds. The Hall–Kier alpha value is -3.56. The number of carbonyl (C=O) groups excluding carboxylic acids is 1.